The van der Waals surface area contributed by atoms with Crippen molar-refractivity contribution in [3.63, 3.8) is 0 Å². The summed E-state index contributed by atoms with van der Waals surface area (Å²) in [6, 6.07) is 2.12. The number of nitrogens with one attached hydrogen (secondary N) is 2. The monoisotopic (exact) mass is 276 g/mol. The number of hydrogen-bond donors (Lipinski definition) is 2. The summed E-state index contributed by atoms with van der Waals surface area (Å²) in [6.45, 7) is 0.718. The zero-order chi connectivity index (χ0) is 14.3. The minimum absolute atomic E-state index is 0.147. The van der Waals surface area contributed by atoms with E-state index in [-0.39, 0.29) is 12.5 Å². The number of nitrogens with zero attached hydrogens (tertiary/aromatic N) is 2. The predicted molar refractivity (Wildman–Crippen MR) is 65.2 cm³/mol. The van der Waals surface area contributed by atoms with E-state index in [1.807, 2.05) is 0 Å². The van der Waals surface area contributed by atoms with E-state index in [0.29, 0.717) is 12.5 Å². The van der Waals surface area contributed by atoms with E-state index in [2.05, 4.69) is 20.6 Å². The highest BCUT2D eigenvalue weighted by atomic mass is 19.4. The molecule has 0 aromatic carbocycles. The molecule has 19 heavy (non-hydrogen) atoms. The molecule has 0 bridgehead atoms. The molecule has 0 fully saturated rings. The number of rotatable bonds is 4. The second-order valence-corrected chi connectivity index (χ2v) is 3.48. The number of halogens is 3. The summed E-state index contributed by atoms with van der Waals surface area (Å²) in [5.74, 6) is 0.748. The molecule has 0 aliphatic heterocycles. The molecular weight excluding hydrogens is 261 g/mol. The number of ether oxygens (including phenoxy) is 1. The van der Waals surface area contributed by atoms with Gasteiger partial charge in [0.25, 0.3) is 0 Å². The van der Waals surface area contributed by atoms with Gasteiger partial charge in [0.15, 0.2) is 5.96 Å². The van der Waals surface area contributed by atoms with Gasteiger partial charge in [-0.3, -0.25) is 4.99 Å². The van der Waals surface area contributed by atoms with Gasteiger partial charge in [-0.1, -0.05) is 0 Å². The molecule has 1 rings (SSSR count). The summed E-state index contributed by atoms with van der Waals surface area (Å²) in [5, 5.41) is 5.75. The molecule has 5 nitrogen and oxygen atoms in total. The Labute approximate surface area is 108 Å². The number of aromatic nitrogens is 1. The van der Waals surface area contributed by atoms with Crippen LogP contribution in [0.3, 0.4) is 0 Å². The van der Waals surface area contributed by atoms with Crippen LogP contribution in [-0.2, 0) is 6.18 Å². The maximum Gasteiger partial charge on any atom is 0.417 e. The Morgan fingerprint density at radius 2 is 2.16 bits per heavy atom. The van der Waals surface area contributed by atoms with Crippen LogP contribution in [0.25, 0.3) is 0 Å². The van der Waals surface area contributed by atoms with Gasteiger partial charge in [-0.2, -0.15) is 13.2 Å². The van der Waals surface area contributed by atoms with E-state index in [0.717, 1.165) is 12.3 Å². The zero-order valence-electron chi connectivity index (χ0n) is 10.6. The van der Waals surface area contributed by atoms with Crippen LogP contribution in [0.2, 0.25) is 0 Å². The Hall–Kier alpha value is -1.99. The summed E-state index contributed by atoms with van der Waals surface area (Å²) in [6.07, 6.45) is -3.64. The smallest absolute Gasteiger partial charge is 0.417 e. The van der Waals surface area contributed by atoms with E-state index in [9.17, 15) is 13.2 Å². The van der Waals surface area contributed by atoms with Crippen molar-refractivity contribution in [1.82, 2.24) is 15.6 Å². The van der Waals surface area contributed by atoms with E-state index >= 15 is 0 Å². The molecule has 0 saturated carbocycles. The fourth-order valence-corrected chi connectivity index (χ4v) is 1.24. The molecule has 0 aliphatic carbocycles. The highest BCUT2D eigenvalue weighted by Gasteiger charge is 2.30. The highest BCUT2D eigenvalue weighted by Crippen LogP contribution is 2.29. The van der Waals surface area contributed by atoms with Gasteiger partial charge in [0, 0.05) is 26.4 Å². The molecule has 8 heteroatoms. The van der Waals surface area contributed by atoms with Crippen molar-refractivity contribution in [2.45, 2.75) is 6.18 Å². The van der Waals surface area contributed by atoms with Crippen LogP contribution in [0, 0.1) is 0 Å². The van der Waals surface area contributed by atoms with Crippen LogP contribution >= 0.6 is 0 Å². The van der Waals surface area contributed by atoms with Crippen molar-refractivity contribution in [3.8, 4) is 5.88 Å². The van der Waals surface area contributed by atoms with Crippen molar-refractivity contribution in [2.24, 2.45) is 4.99 Å². The second kappa shape index (κ2) is 6.81. The molecule has 0 amide bonds. The highest BCUT2D eigenvalue weighted by molar-refractivity contribution is 5.79. The number of pyridine rings is 1. The van der Waals surface area contributed by atoms with Crippen LogP contribution in [-0.4, -0.2) is 38.2 Å². The maximum atomic E-state index is 12.3. The van der Waals surface area contributed by atoms with Gasteiger partial charge in [0.1, 0.15) is 6.61 Å². The Morgan fingerprint density at radius 1 is 1.42 bits per heavy atom. The molecule has 0 saturated heterocycles. The maximum absolute atomic E-state index is 12.3. The van der Waals surface area contributed by atoms with Gasteiger partial charge in [0.2, 0.25) is 5.88 Å². The third kappa shape index (κ3) is 5.02. The normalized spacial score (nSPS) is 12.2. The first kappa shape index (κ1) is 15.1. The number of guanidine groups is 1. The summed E-state index contributed by atoms with van der Waals surface area (Å²) >= 11 is 0. The molecular formula is C11H15F3N4O. The topological polar surface area (TPSA) is 58.5 Å². The van der Waals surface area contributed by atoms with Crippen molar-refractivity contribution >= 4 is 5.96 Å². The summed E-state index contributed by atoms with van der Waals surface area (Å²) in [4.78, 5) is 7.47. The van der Waals surface area contributed by atoms with Crippen LogP contribution in [0.5, 0.6) is 5.88 Å². The molecule has 0 aliphatic rings. The van der Waals surface area contributed by atoms with E-state index in [1.165, 1.54) is 6.07 Å². The first-order valence-electron chi connectivity index (χ1n) is 5.52. The molecule has 0 spiro atoms. The third-order valence-electron chi connectivity index (χ3n) is 2.17. The summed E-state index contributed by atoms with van der Waals surface area (Å²) in [5.41, 5.74) is -0.798. The summed E-state index contributed by atoms with van der Waals surface area (Å²) in [7, 11) is 3.34. The minimum Gasteiger partial charge on any atom is -0.476 e. The lowest BCUT2D eigenvalue weighted by molar-refractivity contribution is -0.137. The van der Waals surface area contributed by atoms with Crippen molar-refractivity contribution in [1.29, 1.82) is 0 Å². The van der Waals surface area contributed by atoms with E-state index in [1.54, 1.807) is 14.1 Å². The van der Waals surface area contributed by atoms with Gasteiger partial charge in [0.05, 0.1) is 12.1 Å². The summed E-state index contributed by atoms with van der Waals surface area (Å²) < 4.78 is 42.0. The fourth-order valence-electron chi connectivity index (χ4n) is 1.24. The van der Waals surface area contributed by atoms with E-state index < -0.39 is 11.7 Å². The number of aliphatic imine (C=N–C) groups is 1. The van der Waals surface area contributed by atoms with E-state index in [4.69, 9.17) is 4.74 Å². The lowest BCUT2D eigenvalue weighted by Crippen LogP contribution is -2.37. The first-order valence-corrected chi connectivity index (χ1v) is 5.52. The average molecular weight is 276 g/mol. The molecule has 1 heterocycles. The Balaban J connectivity index is 2.39. The Kier molecular flexibility index (Phi) is 5.40. The van der Waals surface area contributed by atoms with Crippen molar-refractivity contribution in [2.75, 3.05) is 27.2 Å². The quantitative estimate of drug-likeness (QED) is 0.494. The molecule has 1 aromatic rings. The van der Waals surface area contributed by atoms with Gasteiger partial charge >= 0.3 is 6.18 Å². The second-order valence-electron chi connectivity index (χ2n) is 3.48. The minimum atomic E-state index is -4.38. The predicted octanol–water partition coefficient (Wildman–Crippen LogP) is 1.27. The number of alkyl halides is 3. The Bertz CT molecular complexity index is 417. The van der Waals surface area contributed by atoms with Gasteiger partial charge in [-0.25, -0.2) is 4.98 Å². The van der Waals surface area contributed by atoms with Gasteiger partial charge < -0.3 is 15.4 Å². The lowest BCUT2D eigenvalue weighted by atomic mass is 10.3. The van der Waals surface area contributed by atoms with Crippen molar-refractivity contribution < 1.29 is 17.9 Å². The standard InChI is InChI=1S/C11H15F3N4O/c1-15-10(16-2)17-5-6-19-9-4-3-8(7-18-9)11(12,13)14/h3-4,7H,5-6H2,1-2H3,(H2,15,16,17). The molecule has 0 unspecified atom stereocenters. The third-order valence-corrected chi connectivity index (χ3v) is 2.17. The lowest BCUT2D eigenvalue weighted by Gasteiger charge is -2.10. The molecule has 1 aromatic heterocycles. The molecule has 106 valence electrons. The largest absolute Gasteiger partial charge is 0.476 e. The first-order chi connectivity index (χ1) is 8.97. The van der Waals surface area contributed by atoms with Crippen LogP contribution in [0.4, 0.5) is 13.2 Å². The van der Waals surface area contributed by atoms with Crippen molar-refractivity contribution in [3.05, 3.63) is 23.9 Å². The number of hydrogen-bond acceptors (Lipinski definition) is 3. The molecule has 0 atom stereocenters. The Morgan fingerprint density at radius 3 is 2.63 bits per heavy atom. The fraction of sp³-hybridized carbons (Fsp3) is 0.455. The SMILES string of the molecule is CN=C(NC)NCCOc1ccc(C(F)(F)F)cn1. The average Bonchev–Trinajstić information content (AvgIpc) is 2.38. The molecule has 0 radical (unpaired) electrons. The van der Waals surface area contributed by atoms with Gasteiger partial charge in [-0.05, 0) is 6.07 Å². The van der Waals surface area contributed by atoms with Gasteiger partial charge in [-0.15, -0.1) is 0 Å². The molecule has 2 N–H and O–H groups in total. The van der Waals surface area contributed by atoms with Crippen LogP contribution in [0.15, 0.2) is 23.3 Å². The van der Waals surface area contributed by atoms with Crippen LogP contribution in [0.1, 0.15) is 5.56 Å². The van der Waals surface area contributed by atoms with Crippen LogP contribution < -0.4 is 15.4 Å². The zero-order valence-corrected chi connectivity index (χ0v) is 10.6.